The zero-order valence-corrected chi connectivity index (χ0v) is 19.5. The highest BCUT2D eigenvalue weighted by molar-refractivity contribution is 8.13. The summed E-state index contributed by atoms with van der Waals surface area (Å²) in [5, 5.41) is 9.90. The van der Waals surface area contributed by atoms with Gasteiger partial charge in [-0.15, -0.1) is 10.2 Å². The average Bonchev–Trinajstić information content (AvgIpc) is 3.11. The Hall–Kier alpha value is -2.68. The fourth-order valence-electron chi connectivity index (χ4n) is 3.51. The van der Waals surface area contributed by atoms with Gasteiger partial charge in [0.1, 0.15) is 6.04 Å². The molecule has 1 aliphatic heterocycles. The van der Waals surface area contributed by atoms with Gasteiger partial charge in [-0.3, -0.25) is 19.1 Å². The van der Waals surface area contributed by atoms with Crippen molar-refractivity contribution in [2.75, 3.05) is 7.11 Å². The standard InChI is InChI=1S/C22H18Cl2N4O3S/c1-12(29)32-22-27-26-21-17(8-10-19(30)31-2)25-20(14-5-3-4-6-16(14)24)15-11-13(23)7-9-18(15)28(21)22/h3-7,9,11,17H,8,10H2,1-2H3/t17-/m0/s1. The van der Waals surface area contributed by atoms with Gasteiger partial charge in [-0.1, -0.05) is 41.4 Å². The van der Waals surface area contributed by atoms with Crippen molar-refractivity contribution in [3.05, 3.63) is 69.5 Å². The second-order valence-corrected chi connectivity index (χ2v) is 9.01. The molecule has 0 spiro atoms. The third-order valence-corrected chi connectivity index (χ3v) is 6.21. The minimum Gasteiger partial charge on any atom is -0.469 e. The van der Waals surface area contributed by atoms with Crippen LogP contribution in [0.1, 0.15) is 42.8 Å². The summed E-state index contributed by atoms with van der Waals surface area (Å²) < 4.78 is 6.61. The Labute approximate surface area is 198 Å². The van der Waals surface area contributed by atoms with Crippen LogP contribution < -0.4 is 0 Å². The first-order valence-corrected chi connectivity index (χ1v) is 11.3. The second-order valence-electron chi connectivity index (χ2n) is 7.02. The number of hydrogen-bond donors (Lipinski definition) is 0. The Kier molecular flexibility index (Phi) is 6.64. The summed E-state index contributed by atoms with van der Waals surface area (Å²) in [6, 6.07) is 12.2. The Bertz CT molecular complexity index is 1240. The number of halogens is 2. The lowest BCUT2D eigenvalue weighted by Crippen LogP contribution is -2.09. The zero-order chi connectivity index (χ0) is 22.8. The lowest BCUT2D eigenvalue weighted by Gasteiger charge is -2.14. The number of fused-ring (bicyclic) bond motifs is 3. The van der Waals surface area contributed by atoms with Crippen LogP contribution in [0.5, 0.6) is 0 Å². The van der Waals surface area contributed by atoms with E-state index < -0.39 is 6.04 Å². The van der Waals surface area contributed by atoms with Gasteiger partial charge in [-0.05, 0) is 42.4 Å². The average molecular weight is 489 g/mol. The minimum absolute atomic E-state index is 0.127. The maximum Gasteiger partial charge on any atom is 0.305 e. The number of aromatic nitrogens is 3. The van der Waals surface area contributed by atoms with Crippen molar-refractivity contribution in [3.8, 4) is 5.69 Å². The van der Waals surface area contributed by atoms with Crippen LogP contribution in [0.25, 0.3) is 5.69 Å². The molecule has 2 aromatic carbocycles. The van der Waals surface area contributed by atoms with Crippen molar-refractivity contribution < 1.29 is 14.3 Å². The molecule has 0 fully saturated rings. The Morgan fingerprint density at radius 2 is 1.91 bits per heavy atom. The number of thioether (sulfide) groups is 1. The summed E-state index contributed by atoms with van der Waals surface area (Å²) in [4.78, 5) is 28.7. The molecule has 1 aliphatic rings. The monoisotopic (exact) mass is 488 g/mol. The van der Waals surface area contributed by atoms with Crippen LogP contribution >= 0.6 is 35.0 Å². The van der Waals surface area contributed by atoms with Gasteiger partial charge in [0.15, 0.2) is 10.9 Å². The third kappa shape index (κ3) is 4.44. The smallest absolute Gasteiger partial charge is 0.305 e. The number of carbonyl (C=O) groups excluding carboxylic acids is 2. The van der Waals surface area contributed by atoms with Gasteiger partial charge in [-0.25, -0.2) is 0 Å². The van der Waals surface area contributed by atoms with E-state index >= 15 is 0 Å². The van der Waals surface area contributed by atoms with Gasteiger partial charge in [0.25, 0.3) is 0 Å². The van der Waals surface area contributed by atoms with E-state index in [0.717, 1.165) is 28.6 Å². The zero-order valence-electron chi connectivity index (χ0n) is 17.2. The first-order chi connectivity index (χ1) is 15.4. The molecule has 0 N–H and O–H groups in total. The van der Waals surface area contributed by atoms with E-state index in [1.165, 1.54) is 14.0 Å². The van der Waals surface area contributed by atoms with Crippen LogP contribution in [0, 0.1) is 0 Å². The van der Waals surface area contributed by atoms with Crippen LogP contribution in [0.4, 0.5) is 0 Å². The Balaban J connectivity index is 1.97. The summed E-state index contributed by atoms with van der Waals surface area (Å²) in [5.74, 6) is 0.164. The third-order valence-electron chi connectivity index (χ3n) is 4.91. The van der Waals surface area contributed by atoms with E-state index in [2.05, 4.69) is 10.2 Å². The van der Waals surface area contributed by atoms with Gasteiger partial charge in [-0.2, -0.15) is 0 Å². The number of aliphatic imine (C=N–C) groups is 1. The number of benzene rings is 2. The summed E-state index contributed by atoms with van der Waals surface area (Å²) in [7, 11) is 1.34. The summed E-state index contributed by atoms with van der Waals surface area (Å²) in [6.45, 7) is 1.46. The lowest BCUT2D eigenvalue weighted by molar-refractivity contribution is -0.140. The topological polar surface area (TPSA) is 86.4 Å². The maximum atomic E-state index is 11.9. The molecule has 2 heterocycles. The summed E-state index contributed by atoms with van der Waals surface area (Å²) in [6.07, 6.45) is 0.477. The van der Waals surface area contributed by atoms with Gasteiger partial charge in [0.05, 0.1) is 18.5 Å². The van der Waals surface area contributed by atoms with Gasteiger partial charge >= 0.3 is 5.97 Å². The van der Waals surface area contributed by atoms with E-state index in [4.69, 9.17) is 32.9 Å². The molecule has 10 heteroatoms. The molecule has 164 valence electrons. The molecule has 0 radical (unpaired) electrons. The van der Waals surface area contributed by atoms with Crippen molar-refractivity contribution in [2.45, 2.75) is 31.0 Å². The molecule has 0 saturated carbocycles. The molecular weight excluding hydrogens is 471 g/mol. The van der Waals surface area contributed by atoms with Gasteiger partial charge < -0.3 is 4.74 Å². The molecule has 32 heavy (non-hydrogen) atoms. The molecule has 1 atom stereocenters. The SMILES string of the molecule is COC(=O)CC[C@@H]1N=C(c2ccccc2Cl)c2cc(Cl)ccc2-n2c(SC(C)=O)nnc21. The number of methoxy groups -OCH3 is 1. The van der Waals surface area contributed by atoms with Gasteiger partial charge in [0, 0.05) is 34.5 Å². The van der Waals surface area contributed by atoms with E-state index in [-0.39, 0.29) is 17.5 Å². The molecule has 3 aromatic rings. The molecule has 7 nitrogen and oxygen atoms in total. The molecule has 0 bridgehead atoms. The number of rotatable bonds is 5. The fourth-order valence-corrected chi connectivity index (χ4v) is 4.53. The van der Waals surface area contributed by atoms with E-state index in [0.29, 0.717) is 33.2 Å². The van der Waals surface area contributed by atoms with Crippen molar-refractivity contribution in [3.63, 3.8) is 0 Å². The van der Waals surface area contributed by atoms with Crippen molar-refractivity contribution >= 4 is 51.8 Å². The van der Waals surface area contributed by atoms with Crippen molar-refractivity contribution in [1.82, 2.24) is 14.8 Å². The summed E-state index contributed by atoms with van der Waals surface area (Å²) >= 11 is 13.9. The van der Waals surface area contributed by atoms with Crippen LogP contribution in [-0.4, -0.2) is 38.7 Å². The number of nitrogens with zero attached hydrogens (tertiary/aromatic N) is 4. The molecule has 0 aliphatic carbocycles. The highest BCUT2D eigenvalue weighted by Gasteiger charge is 2.30. The van der Waals surface area contributed by atoms with Crippen molar-refractivity contribution in [2.24, 2.45) is 4.99 Å². The van der Waals surface area contributed by atoms with E-state index in [1.807, 2.05) is 24.3 Å². The van der Waals surface area contributed by atoms with Crippen molar-refractivity contribution in [1.29, 1.82) is 0 Å². The Morgan fingerprint density at radius 1 is 1.12 bits per heavy atom. The second kappa shape index (κ2) is 9.44. The highest BCUT2D eigenvalue weighted by atomic mass is 35.5. The lowest BCUT2D eigenvalue weighted by atomic mass is 10.00. The quantitative estimate of drug-likeness (QED) is 0.368. The molecule has 0 unspecified atom stereocenters. The van der Waals surface area contributed by atoms with Crippen LogP contribution in [0.3, 0.4) is 0 Å². The number of hydrogen-bond acceptors (Lipinski definition) is 7. The normalized spacial score (nSPS) is 14.8. The molecule has 1 aromatic heterocycles. The molecular formula is C22H18Cl2N4O3S. The van der Waals surface area contributed by atoms with Crippen LogP contribution in [-0.2, 0) is 14.3 Å². The number of esters is 1. The summed E-state index contributed by atoms with van der Waals surface area (Å²) in [5.41, 5.74) is 2.78. The van der Waals surface area contributed by atoms with E-state index in [9.17, 15) is 9.59 Å². The minimum atomic E-state index is -0.527. The number of carbonyl (C=O) groups is 2. The highest BCUT2D eigenvalue weighted by Crippen LogP contribution is 2.37. The van der Waals surface area contributed by atoms with Gasteiger partial charge in [0.2, 0.25) is 5.16 Å². The molecule has 0 amide bonds. The Morgan fingerprint density at radius 3 is 2.62 bits per heavy atom. The molecule has 4 rings (SSSR count). The van der Waals surface area contributed by atoms with E-state index in [1.54, 1.807) is 22.8 Å². The first kappa shape index (κ1) is 22.5. The predicted octanol–water partition coefficient (Wildman–Crippen LogP) is 5.06. The number of ether oxygens (including phenoxy) is 1. The maximum absolute atomic E-state index is 11.9. The molecule has 0 saturated heterocycles. The predicted molar refractivity (Wildman–Crippen MR) is 124 cm³/mol. The largest absolute Gasteiger partial charge is 0.469 e. The van der Waals surface area contributed by atoms with Crippen LogP contribution in [0.15, 0.2) is 52.6 Å². The van der Waals surface area contributed by atoms with Crippen LogP contribution in [0.2, 0.25) is 10.0 Å². The fraction of sp³-hybridized carbons (Fsp3) is 0.227. The first-order valence-electron chi connectivity index (χ1n) is 9.72.